The predicted molar refractivity (Wildman–Crippen MR) is 83.6 cm³/mol. The Bertz CT molecular complexity index is 588. The quantitative estimate of drug-likeness (QED) is 0.823. The van der Waals surface area contributed by atoms with Crippen molar-refractivity contribution in [3.63, 3.8) is 0 Å². The Morgan fingerprint density at radius 2 is 2.10 bits per heavy atom. The number of ether oxygens (including phenoxy) is 2. The minimum Gasteiger partial charge on any atom is -0.493 e. The average Bonchev–Trinajstić information content (AvgIpc) is 3.04. The van der Waals surface area contributed by atoms with Crippen LogP contribution in [0.3, 0.4) is 0 Å². The van der Waals surface area contributed by atoms with Crippen LogP contribution in [0.2, 0.25) is 0 Å². The van der Waals surface area contributed by atoms with E-state index < -0.39 is 0 Å². The Labute approximate surface area is 125 Å². The molecule has 0 radical (unpaired) electrons. The molecule has 1 aliphatic heterocycles. The normalized spacial score (nSPS) is 18.2. The second-order valence-electron chi connectivity index (χ2n) is 5.55. The molecule has 0 saturated carbocycles. The van der Waals surface area contributed by atoms with Gasteiger partial charge in [0.25, 0.3) is 0 Å². The molecule has 1 heterocycles. The van der Waals surface area contributed by atoms with E-state index in [9.17, 15) is 5.11 Å². The highest BCUT2D eigenvalue weighted by Crippen LogP contribution is 2.28. The third-order valence-electron chi connectivity index (χ3n) is 4.11. The molecule has 2 aromatic rings. The fourth-order valence-electron chi connectivity index (χ4n) is 2.98. The van der Waals surface area contributed by atoms with Gasteiger partial charge in [0, 0.05) is 12.2 Å². The first-order valence-electron chi connectivity index (χ1n) is 7.74. The van der Waals surface area contributed by atoms with Gasteiger partial charge in [-0.2, -0.15) is 0 Å². The van der Waals surface area contributed by atoms with E-state index in [-0.39, 0.29) is 6.61 Å². The molecule has 1 N–H and O–H groups in total. The van der Waals surface area contributed by atoms with Crippen molar-refractivity contribution in [1.82, 2.24) is 0 Å². The van der Waals surface area contributed by atoms with Crippen LogP contribution in [0.15, 0.2) is 36.4 Å². The maximum absolute atomic E-state index is 9.65. The monoisotopic (exact) mass is 286 g/mol. The summed E-state index contributed by atoms with van der Waals surface area (Å²) in [6.45, 7) is 1.58. The summed E-state index contributed by atoms with van der Waals surface area (Å²) in [4.78, 5) is 0. The molecular weight excluding hydrogens is 264 g/mol. The van der Waals surface area contributed by atoms with E-state index in [0.717, 1.165) is 41.5 Å². The Balaban J connectivity index is 1.63. The smallest absolute Gasteiger partial charge is 0.125 e. The molecular formula is C18H22O3. The number of fused-ring (bicyclic) bond motifs is 1. The van der Waals surface area contributed by atoms with E-state index in [1.807, 2.05) is 30.3 Å². The van der Waals surface area contributed by atoms with Crippen molar-refractivity contribution in [2.75, 3.05) is 13.2 Å². The Kier molecular flexibility index (Phi) is 4.73. The van der Waals surface area contributed by atoms with Crippen LogP contribution in [0.25, 0.3) is 10.8 Å². The van der Waals surface area contributed by atoms with Crippen molar-refractivity contribution >= 4 is 10.8 Å². The lowest BCUT2D eigenvalue weighted by Gasteiger charge is -2.14. The Morgan fingerprint density at radius 1 is 1.19 bits per heavy atom. The van der Waals surface area contributed by atoms with Crippen LogP contribution >= 0.6 is 0 Å². The maximum atomic E-state index is 9.65. The van der Waals surface area contributed by atoms with Crippen molar-refractivity contribution in [2.45, 2.75) is 38.4 Å². The van der Waals surface area contributed by atoms with E-state index in [1.54, 1.807) is 0 Å². The maximum Gasteiger partial charge on any atom is 0.125 e. The molecule has 0 aliphatic carbocycles. The highest BCUT2D eigenvalue weighted by atomic mass is 16.5. The van der Waals surface area contributed by atoms with E-state index >= 15 is 0 Å². The number of benzene rings is 2. The van der Waals surface area contributed by atoms with Crippen LogP contribution in [-0.2, 0) is 11.3 Å². The summed E-state index contributed by atoms with van der Waals surface area (Å²) >= 11 is 0. The Morgan fingerprint density at radius 3 is 2.90 bits per heavy atom. The summed E-state index contributed by atoms with van der Waals surface area (Å²) in [7, 11) is 0. The van der Waals surface area contributed by atoms with Crippen LogP contribution in [0, 0.1) is 0 Å². The molecule has 0 amide bonds. The first-order chi connectivity index (χ1) is 10.4. The van der Waals surface area contributed by atoms with Gasteiger partial charge < -0.3 is 14.6 Å². The van der Waals surface area contributed by atoms with Gasteiger partial charge in [-0.3, -0.25) is 0 Å². The lowest BCUT2D eigenvalue weighted by atomic mass is 10.0. The summed E-state index contributed by atoms with van der Waals surface area (Å²) in [5.74, 6) is 0.795. The van der Waals surface area contributed by atoms with Crippen molar-refractivity contribution in [3.8, 4) is 5.75 Å². The number of aliphatic hydroxyl groups excluding tert-OH is 1. The lowest BCUT2D eigenvalue weighted by molar-refractivity contribution is 0.0980. The lowest BCUT2D eigenvalue weighted by Crippen LogP contribution is -2.08. The minimum absolute atomic E-state index is 0.00240. The van der Waals surface area contributed by atoms with Gasteiger partial charge in [-0.25, -0.2) is 0 Å². The zero-order chi connectivity index (χ0) is 14.5. The van der Waals surface area contributed by atoms with Crippen LogP contribution < -0.4 is 4.74 Å². The van der Waals surface area contributed by atoms with Crippen molar-refractivity contribution in [1.29, 1.82) is 0 Å². The molecule has 1 fully saturated rings. The molecule has 1 atom stereocenters. The molecule has 0 bridgehead atoms. The van der Waals surface area contributed by atoms with Gasteiger partial charge in [-0.1, -0.05) is 30.3 Å². The van der Waals surface area contributed by atoms with Crippen LogP contribution in [0.4, 0.5) is 0 Å². The number of aliphatic hydroxyl groups is 1. The molecule has 3 nitrogen and oxygen atoms in total. The minimum atomic E-state index is 0.00240. The third kappa shape index (κ3) is 3.36. The Hall–Kier alpha value is -1.58. The second kappa shape index (κ2) is 6.92. The predicted octanol–water partition coefficient (Wildman–Crippen LogP) is 3.67. The highest BCUT2D eigenvalue weighted by molar-refractivity contribution is 5.87. The first kappa shape index (κ1) is 14.4. The fraction of sp³-hybridized carbons (Fsp3) is 0.444. The standard InChI is InChI=1S/C18H22O3/c19-13-17-16-8-2-1-5-14(16)9-10-18(17)21-12-4-7-15-6-3-11-20-15/h1-2,5,8-10,15,19H,3-4,6-7,11-13H2. The molecule has 3 heteroatoms. The third-order valence-corrected chi connectivity index (χ3v) is 4.11. The molecule has 112 valence electrons. The topological polar surface area (TPSA) is 38.7 Å². The molecule has 0 spiro atoms. The van der Waals surface area contributed by atoms with Gasteiger partial charge in [0.15, 0.2) is 0 Å². The summed E-state index contributed by atoms with van der Waals surface area (Å²) < 4.78 is 11.5. The van der Waals surface area contributed by atoms with Crippen LogP contribution in [0.5, 0.6) is 5.75 Å². The number of hydrogen-bond acceptors (Lipinski definition) is 3. The molecule has 2 aromatic carbocycles. The molecule has 0 aromatic heterocycles. The average molecular weight is 286 g/mol. The van der Waals surface area contributed by atoms with E-state index in [2.05, 4.69) is 6.07 Å². The van der Waals surface area contributed by atoms with E-state index in [4.69, 9.17) is 9.47 Å². The fourth-order valence-corrected chi connectivity index (χ4v) is 2.98. The number of hydrogen-bond donors (Lipinski definition) is 1. The van der Waals surface area contributed by atoms with Gasteiger partial charge in [0.05, 0.1) is 19.3 Å². The van der Waals surface area contributed by atoms with Gasteiger partial charge in [-0.15, -0.1) is 0 Å². The van der Waals surface area contributed by atoms with Crippen molar-refractivity contribution in [2.24, 2.45) is 0 Å². The number of rotatable bonds is 6. The van der Waals surface area contributed by atoms with Gasteiger partial charge in [0.2, 0.25) is 0 Å². The summed E-state index contributed by atoms with van der Waals surface area (Å²) in [6, 6.07) is 12.1. The van der Waals surface area contributed by atoms with E-state index in [0.29, 0.717) is 12.7 Å². The summed E-state index contributed by atoms with van der Waals surface area (Å²) in [6.07, 6.45) is 4.83. The van der Waals surface area contributed by atoms with Gasteiger partial charge in [0.1, 0.15) is 5.75 Å². The van der Waals surface area contributed by atoms with Crippen LogP contribution in [0.1, 0.15) is 31.2 Å². The molecule has 1 aliphatic rings. The highest BCUT2D eigenvalue weighted by Gasteiger charge is 2.15. The second-order valence-corrected chi connectivity index (χ2v) is 5.55. The van der Waals surface area contributed by atoms with Gasteiger partial charge in [-0.05, 0) is 42.5 Å². The van der Waals surface area contributed by atoms with Crippen LogP contribution in [-0.4, -0.2) is 24.4 Å². The SMILES string of the molecule is OCc1c(OCCCC2CCCO2)ccc2ccccc12. The van der Waals surface area contributed by atoms with E-state index in [1.165, 1.54) is 12.8 Å². The zero-order valence-electron chi connectivity index (χ0n) is 12.3. The largest absolute Gasteiger partial charge is 0.493 e. The molecule has 1 saturated heterocycles. The van der Waals surface area contributed by atoms with Crippen molar-refractivity contribution in [3.05, 3.63) is 42.0 Å². The first-order valence-corrected chi connectivity index (χ1v) is 7.74. The molecule has 1 unspecified atom stereocenters. The summed E-state index contributed by atoms with van der Waals surface area (Å²) in [5, 5.41) is 11.8. The molecule has 3 rings (SSSR count). The molecule has 21 heavy (non-hydrogen) atoms. The van der Waals surface area contributed by atoms with Gasteiger partial charge >= 0.3 is 0 Å². The van der Waals surface area contributed by atoms with Crippen molar-refractivity contribution < 1.29 is 14.6 Å². The zero-order valence-corrected chi connectivity index (χ0v) is 12.3. The summed E-state index contributed by atoms with van der Waals surface area (Å²) in [5.41, 5.74) is 0.880.